The minimum Gasteiger partial charge on any atom is -0.346 e. The van der Waals surface area contributed by atoms with Crippen LogP contribution in [0.25, 0.3) is 0 Å². The molecule has 0 bridgehead atoms. The van der Waals surface area contributed by atoms with Crippen molar-refractivity contribution >= 4 is 5.91 Å². The molecule has 0 aromatic rings. The summed E-state index contributed by atoms with van der Waals surface area (Å²) in [6.45, 7) is 2.42. The molecule has 1 saturated carbocycles. The van der Waals surface area contributed by atoms with E-state index >= 15 is 0 Å². The second-order valence-corrected chi connectivity index (χ2v) is 4.74. The zero-order valence-corrected chi connectivity index (χ0v) is 10.1. The van der Waals surface area contributed by atoms with Crippen LogP contribution in [0.4, 0.5) is 13.2 Å². The molecule has 3 atom stereocenters. The fourth-order valence-corrected chi connectivity index (χ4v) is 2.13. The van der Waals surface area contributed by atoms with Crippen molar-refractivity contribution in [3.05, 3.63) is 0 Å². The van der Waals surface area contributed by atoms with Crippen LogP contribution in [0.1, 0.15) is 33.1 Å². The van der Waals surface area contributed by atoms with E-state index < -0.39 is 24.7 Å². The second kappa shape index (κ2) is 5.71. The normalized spacial score (nSPS) is 26.9. The maximum absolute atomic E-state index is 11.9. The first kappa shape index (κ1) is 14.3. The first-order valence-electron chi connectivity index (χ1n) is 5.90. The van der Waals surface area contributed by atoms with Gasteiger partial charge in [0.05, 0.1) is 6.04 Å². The Balaban J connectivity index is 2.31. The van der Waals surface area contributed by atoms with Crippen LogP contribution >= 0.6 is 0 Å². The van der Waals surface area contributed by atoms with Crippen LogP contribution in [0.3, 0.4) is 0 Å². The number of alkyl halides is 3. The number of halogens is 3. The molecule has 1 fully saturated rings. The maximum atomic E-state index is 11.9. The Labute approximate surface area is 99.1 Å². The first-order valence-corrected chi connectivity index (χ1v) is 5.90. The summed E-state index contributed by atoms with van der Waals surface area (Å²) in [5, 5.41) is 4.97. The third-order valence-corrected chi connectivity index (χ3v) is 3.18. The van der Waals surface area contributed by atoms with Gasteiger partial charge in [0.25, 0.3) is 0 Å². The average Bonchev–Trinajstić information content (AvgIpc) is 2.59. The molecule has 0 aromatic heterocycles. The number of hydrogen-bond donors (Lipinski definition) is 2. The molecule has 0 spiro atoms. The van der Waals surface area contributed by atoms with Gasteiger partial charge in [0.2, 0.25) is 5.91 Å². The van der Waals surface area contributed by atoms with Gasteiger partial charge in [-0.2, -0.15) is 13.2 Å². The van der Waals surface area contributed by atoms with E-state index in [-0.39, 0.29) is 6.04 Å². The van der Waals surface area contributed by atoms with Gasteiger partial charge in [-0.3, -0.25) is 4.79 Å². The van der Waals surface area contributed by atoms with Crippen molar-refractivity contribution in [1.29, 1.82) is 0 Å². The summed E-state index contributed by atoms with van der Waals surface area (Å²) in [4.78, 5) is 11.4. The highest BCUT2D eigenvalue weighted by Gasteiger charge is 2.30. The van der Waals surface area contributed by atoms with E-state index in [2.05, 4.69) is 12.2 Å². The average molecular weight is 252 g/mol. The molecule has 17 heavy (non-hydrogen) atoms. The van der Waals surface area contributed by atoms with Crippen molar-refractivity contribution in [2.75, 3.05) is 6.54 Å². The van der Waals surface area contributed by atoms with E-state index in [0.29, 0.717) is 5.92 Å². The summed E-state index contributed by atoms with van der Waals surface area (Å²) in [7, 11) is 0. The highest BCUT2D eigenvalue weighted by molar-refractivity contribution is 5.81. The Bertz CT molecular complexity index is 268. The van der Waals surface area contributed by atoms with Gasteiger partial charge in [-0.1, -0.05) is 13.3 Å². The number of nitrogens with one attached hydrogen (secondary N) is 2. The van der Waals surface area contributed by atoms with Gasteiger partial charge in [0.1, 0.15) is 6.54 Å². The Morgan fingerprint density at radius 2 is 2.06 bits per heavy atom. The van der Waals surface area contributed by atoms with Gasteiger partial charge in [0.15, 0.2) is 0 Å². The van der Waals surface area contributed by atoms with E-state index in [1.165, 1.54) is 0 Å². The van der Waals surface area contributed by atoms with E-state index in [1.807, 2.05) is 5.32 Å². The van der Waals surface area contributed by atoms with Crippen molar-refractivity contribution in [2.24, 2.45) is 5.92 Å². The molecule has 0 saturated heterocycles. The predicted molar refractivity (Wildman–Crippen MR) is 58.5 cm³/mol. The third-order valence-electron chi connectivity index (χ3n) is 3.18. The topological polar surface area (TPSA) is 41.1 Å². The van der Waals surface area contributed by atoms with Gasteiger partial charge in [0, 0.05) is 6.04 Å². The van der Waals surface area contributed by atoms with Crippen LogP contribution < -0.4 is 10.6 Å². The molecule has 6 heteroatoms. The van der Waals surface area contributed by atoms with E-state index in [0.717, 1.165) is 19.3 Å². The number of rotatable bonds is 4. The van der Waals surface area contributed by atoms with Crippen molar-refractivity contribution in [2.45, 2.75) is 51.4 Å². The zero-order valence-electron chi connectivity index (χ0n) is 10.1. The molecule has 1 amide bonds. The zero-order chi connectivity index (χ0) is 13.1. The van der Waals surface area contributed by atoms with E-state index in [9.17, 15) is 18.0 Å². The van der Waals surface area contributed by atoms with Gasteiger partial charge in [-0.05, 0) is 25.7 Å². The van der Waals surface area contributed by atoms with E-state index in [1.54, 1.807) is 6.92 Å². The standard InChI is InChI=1S/C11H19F3N2O/c1-7-4-3-5-9(7)16-8(2)10(17)15-6-11(12,13)14/h7-9,16H,3-6H2,1-2H3,(H,15,17). The molecule has 0 aliphatic heterocycles. The number of carbonyl (C=O) groups excluding carboxylic acids is 1. The molecule has 100 valence electrons. The molecular weight excluding hydrogens is 233 g/mol. The molecular formula is C11H19F3N2O. The smallest absolute Gasteiger partial charge is 0.346 e. The number of amides is 1. The van der Waals surface area contributed by atoms with Gasteiger partial charge in [-0.15, -0.1) is 0 Å². The molecule has 3 unspecified atom stereocenters. The number of hydrogen-bond acceptors (Lipinski definition) is 2. The third kappa shape index (κ3) is 4.93. The van der Waals surface area contributed by atoms with Gasteiger partial charge in [-0.25, -0.2) is 0 Å². The summed E-state index contributed by atoms with van der Waals surface area (Å²) >= 11 is 0. The quantitative estimate of drug-likeness (QED) is 0.801. The Kier molecular flexibility index (Phi) is 4.80. The molecule has 3 nitrogen and oxygen atoms in total. The van der Waals surface area contributed by atoms with Crippen molar-refractivity contribution < 1.29 is 18.0 Å². The SMILES string of the molecule is CC(NC1CCCC1C)C(=O)NCC(F)(F)F. The van der Waals surface area contributed by atoms with Crippen LogP contribution in [0.15, 0.2) is 0 Å². The Morgan fingerprint density at radius 3 is 2.53 bits per heavy atom. The number of carbonyl (C=O) groups is 1. The van der Waals surface area contributed by atoms with Gasteiger partial charge < -0.3 is 10.6 Å². The minimum atomic E-state index is -4.35. The molecule has 0 aromatic carbocycles. The summed E-state index contributed by atoms with van der Waals surface area (Å²) < 4.78 is 35.7. The van der Waals surface area contributed by atoms with Crippen molar-refractivity contribution in [3.8, 4) is 0 Å². The summed E-state index contributed by atoms with van der Waals surface area (Å²) in [5.41, 5.74) is 0. The highest BCUT2D eigenvalue weighted by Crippen LogP contribution is 2.25. The summed E-state index contributed by atoms with van der Waals surface area (Å²) in [5.74, 6) is -0.116. The minimum absolute atomic E-state index is 0.238. The lowest BCUT2D eigenvalue weighted by atomic mass is 10.1. The van der Waals surface area contributed by atoms with Crippen LogP contribution in [-0.2, 0) is 4.79 Å². The van der Waals surface area contributed by atoms with Crippen molar-refractivity contribution in [3.63, 3.8) is 0 Å². The second-order valence-electron chi connectivity index (χ2n) is 4.74. The predicted octanol–water partition coefficient (Wildman–Crippen LogP) is 1.83. The van der Waals surface area contributed by atoms with Crippen LogP contribution in [-0.4, -0.2) is 30.7 Å². The summed E-state index contributed by atoms with van der Waals surface area (Å²) in [6, 6.07) is -0.343. The van der Waals surface area contributed by atoms with Crippen LogP contribution in [0, 0.1) is 5.92 Å². The largest absolute Gasteiger partial charge is 0.405 e. The summed E-state index contributed by atoms with van der Waals surface area (Å²) in [6.07, 6.45) is -1.15. The van der Waals surface area contributed by atoms with Crippen LogP contribution in [0.5, 0.6) is 0 Å². The monoisotopic (exact) mass is 252 g/mol. The van der Waals surface area contributed by atoms with Gasteiger partial charge >= 0.3 is 6.18 Å². The fourth-order valence-electron chi connectivity index (χ4n) is 2.13. The molecule has 1 aliphatic rings. The lowest BCUT2D eigenvalue weighted by molar-refractivity contribution is -0.139. The Morgan fingerprint density at radius 1 is 1.41 bits per heavy atom. The molecule has 2 N–H and O–H groups in total. The molecule has 1 aliphatic carbocycles. The molecule has 0 heterocycles. The van der Waals surface area contributed by atoms with Crippen molar-refractivity contribution in [1.82, 2.24) is 10.6 Å². The fraction of sp³-hybridized carbons (Fsp3) is 0.909. The lowest BCUT2D eigenvalue weighted by Crippen LogP contribution is -2.49. The lowest BCUT2D eigenvalue weighted by Gasteiger charge is -2.22. The van der Waals surface area contributed by atoms with Crippen LogP contribution in [0.2, 0.25) is 0 Å². The maximum Gasteiger partial charge on any atom is 0.405 e. The Hall–Kier alpha value is -0.780. The molecule has 0 radical (unpaired) electrons. The van der Waals surface area contributed by atoms with E-state index in [4.69, 9.17) is 0 Å². The first-order chi connectivity index (χ1) is 7.79. The molecule has 1 rings (SSSR count). The highest BCUT2D eigenvalue weighted by atomic mass is 19.4.